The van der Waals surface area contributed by atoms with Crippen LogP contribution in [-0.4, -0.2) is 81.6 Å². The monoisotopic (exact) mass is 629 g/mol. The van der Waals surface area contributed by atoms with Crippen LogP contribution in [0.3, 0.4) is 0 Å². The number of methoxy groups -OCH3 is 2. The van der Waals surface area contributed by atoms with Crippen molar-refractivity contribution in [1.29, 1.82) is 0 Å². The third-order valence-corrected chi connectivity index (χ3v) is 9.39. The molecule has 0 saturated carbocycles. The fourth-order valence-electron chi connectivity index (χ4n) is 6.16. The number of likely N-dealkylation sites (tertiary alicyclic amines) is 1. The lowest BCUT2D eigenvalue weighted by atomic mass is 9.85. The van der Waals surface area contributed by atoms with E-state index in [2.05, 4.69) is 47.1 Å². The Kier molecular flexibility index (Phi) is 12.6. The summed E-state index contributed by atoms with van der Waals surface area (Å²) in [4.78, 5) is 30.8. The first-order chi connectivity index (χ1) is 22.1. The van der Waals surface area contributed by atoms with Crippen LogP contribution in [-0.2, 0) is 13.0 Å². The lowest BCUT2D eigenvalue weighted by molar-refractivity contribution is 0.0895. The Labute approximate surface area is 275 Å². The summed E-state index contributed by atoms with van der Waals surface area (Å²) >= 11 is 0. The van der Waals surface area contributed by atoms with Gasteiger partial charge in [-0.3, -0.25) is 9.69 Å². The van der Waals surface area contributed by atoms with E-state index in [-0.39, 0.29) is 23.8 Å². The van der Waals surface area contributed by atoms with Crippen LogP contribution in [0.25, 0.3) is 0 Å². The second-order valence-corrected chi connectivity index (χ2v) is 12.7. The van der Waals surface area contributed by atoms with Gasteiger partial charge in [0.25, 0.3) is 0 Å². The summed E-state index contributed by atoms with van der Waals surface area (Å²) in [6, 6.07) is 22.4. The molecule has 8 heteroatoms. The summed E-state index contributed by atoms with van der Waals surface area (Å²) in [6.07, 6.45) is 3.86. The molecule has 248 valence electrons. The summed E-state index contributed by atoms with van der Waals surface area (Å²) in [7, 11) is 9.02. The molecule has 2 atom stereocenters. The van der Waals surface area contributed by atoms with Gasteiger partial charge in [-0.15, -0.1) is 0 Å². The number of fused-ring (bicyclic) bond motifs is 1. The molecule has 0 N–H and O–H groups in total. The van der Waals surface area contributed by atoms with E-state index in [0.717, 1.165) is 49.2 Å². The fourth-order valence-corrected chi connectivity index (χ4v) is 6.16. The normalized spacial score (nSPS) is 17.1. The van der Waals surface area contributed by atoms with Gasteiger partial charge in [-0.1, -0.05) is 42.5 Å². The van der Waals surface area contributed by atoms with E-state index in [1.165, 1.54) is 23.3 Å². The maximum Gasteiger partial charge on any atom is 0.414 e. The smallest absolute Gasteiger partial charge is 0.414 e. The summed E-state index contributed by atoms with van der Waals surface area (Å²) in [5.41, 5.74) is 4.44. The Bertz CT molecular complexity index is 1440. The zero-order valence-corrected chi connectivity index (χ0v) is 28.6. The standard InChI is InChI=1S/C24H29NO3.C14H22N2O2/c1-27-22-14-19-13-20(24(26)21(19)15-23(22)28-2)12-17-8-10-25(11-9-17)16-18-6-4-3-5-7-18;1-6-16(5)14(17)18-13-9-7-8-12(10-13)11(2)15(3)4/h3-7,14-15,17,20H,8-13,16H2,1-2H3;7-11H,6H2,1-5H3/t;11-/m.0/s1. The molecule has 1 unspecified atom stereocenters. The number of ether oxygens (including phenoxy) is 3. The number of hydrogen-bond donors (Lipinski definition) is 0. The van der Waals surface area contributed by atoms with E-state index < -0.39 is 0 Å². The third-order valence-electron chi connectivity index (χ3n) is 9.39. The Morgan fingerprint density at radius 2 is 1.61 bits per heavy atom. The number of ketones is 1. The van der Waals surface area contributed by atoms with E-state index in [1.54, 1.807) is 27.3 Å². The molecule has 0 aromatic heterocycles. The van der Waals surface area contributed by atoms with Crippen molar-refractivity contribution in [2.24, 2.45) is 11.8 Å². The number of carbonyl (C=O) groups excluding carboxylic acids is 2. The number of nitrogens with zero attached hydrogens (tertiary/aromatic N) is 3. The number of rotatable bonds is 10. The van der Waals surface area contributed by atoms with Crippen molar-refractivity contribution >= 4 is 11.9 Å². The van der Waals surface area contributed by atoms with Crippen LogP contribution in [0.4, 0.5) is 4.79 Å². The van der Waals surface area contributed by atoms with Crippen molar-refractivity contribution < 1.29 is 23.8 Å². The predicted molar refractivity (Wildman–Crippen MR) is 183 cm³/mol. The highest BCUT2D eigenvalue weighted by molar-refractivity contribution is 6.02. The molecule has 5 rings (SSSR count). The molecule has 1 heterocycles. The number of hydrogen-bond acceptors (Lipinski definition) is 7. The van der Waals surface area contributed by atoms with Gasteiger partial charge in [0.1, 0.15) is 5.75 Å². The molecule has 0 radical (unpaired) electrons. The zero-order chi connectivity index (χ0) is 33.2. The van der Waals surface area contributed by atoms with E-state index in [0.29, 0.717) is 29.7 Å². The third kappa shape index (κ3) is 9.10. The Hall–Kier alpha value is -3.88. The van der Waals surface area contributed by atoms with Gasteiger partial charge < -0.3 is 24.0 Å². The number of benzene rings is 3. The van der Waals surface area contributed by atoms with Crippen molar-refractivity contribution in [2.45, 2.75) is 52.1 Å². The molecule has 46 heavy (non-hydrogen) atoms. The van der Waals surface area contributed by atoms with Crippen LogP contribution in [0, 0.1) is 11.8 Å². The molecule has 1 amide bonds. The van der Waals surface area contributed by atoms with Gasteiger partial charge in [-0.2, -0.15) is 0 Å². The maximum absolute atomic E-state index is 12.9. The summed E-state index contributed by atoms with van der Waals surface area (Å²) < 4.78 is 16.1. The second kappa shape index (κ2) is 16.6. The van der Waals surface area contributed by atoms with Crippen molar-refractivity contribution in [2.75, 3.05) is 55.0 Å². The van der Waals surface area contributed by atoms with Gasteiger partial charge in [-0.25, -0.2) is 4.79 Å². The van der Waals surface area contributed by atoms with Crippen LogP contribution in [0.15, 0.2) is 66.7 Å². The van der Waals surface area contributed by atoms with Gasteiger partial charge >= 0.3 is 6.09 Å². The first kappa shape index (κ1) is 35.0. The average molecular weight is 630 g/mol. The highest BCUT2D eigenvalue weighted by Gasteiger charge is 2.34. The molecule has 1 aliphatic carbocycles. The number of Topliss-reactive ketones (excluding diaryl/α,β-unsaturated/α-hetero) is 1. The van der Waals surface area contributed by atoms with Gasteiger partial charge in [-0.05, 0) is 114 Å². The number of amides is 1. The summed E-state index contributed by atoms with van der Waals surface area (Å²) in [5.74, 6) is 2.97. The minimum Gasteiger partial charge on any atom is -0.493 e. The molecular formula is C38H51N3O5. The van der Waals surface area contributed by atoms with E-state index in [9.17, 15) is 9.59 Å². The summed E-state index contributed by atoms with van der Waals surface area (Å²) in [6.45, 7) is 7.92. The van der Waals surface area contributed by atoms with Crippen molar-refractivity contribution in [3.8, 4) is 17.2 Å². The quantitative estimate of drug-likeness (QED) is 0.237. The lowest BCUT2D eigenvalue weighted by Gasteiger charge is -2.32. The van der Waals surface area contributed by atoms with Gasteiger partial charge in [0.2, 0.25) is 0 Å². The molecule has 3 aromatic rings. The minimum atomic E-state index is -0.327. The molecule has 1 fully saturated rings. The molecule has 2 aliphatic rings. The van der Waals surface area contributed by atoms with Gasteiger partial charge in [0.15, 0.2) is 17.3 Å². The fraction of sp³-hybridized carbons (Fsp3) is 0.474. The highest BCUT2D eigenvalue weighted by Crippen LogP contribution is 2.39. The van der Waals surface area contributed by atoms with Crippen LogP contribution >= 0.6 is 0 Å². The summed E-state index contributed by atoms with van der Waals surface area (Å²) in [5, 5.41) is 0. The van der Waals surface area contributed by atoms with Crippen LogP contribution in [0.1, 0.15) is 66.2 Å². The van der Waals surface area contributed by atoms with Crippen molar-refractivity contribution in [1.82, 2.24) is 14.7 Å². The number of piperidine rings is 1. The topological polar surface area (TPSA) is 71.5 Å². The first-order valence-corrected chi connectivity index (χ1v) is 16.4. The SMILES string of the molecule is CCN(C)C(=O)Oc1cccc([C@H](C)N(C)C)c1.COc1cc2c(cc1OC)C(=O)C(CC1CCN(Cc3ccccc3)CC1)C2. The molecule has 8 nitrogen and oxygen atoms in total. The lowest BCUT2D eigenvalue weighted by Crippen LogP contribution is -2.34. The minimum absolute atomic E-state index is 0.109. The van der Waals surface area contributed by atoms with E-state index in [1.807, 2.05) is 51.4 Å². The first-order valence-electron chi connectivity index (χ1n) is 16.4. The molecule has 1 aliphatic heterocycles. The molecule has 1 saturated heterocycles. The van der Waals surface area contributed by atoms with Crippen LogP contribution in [0.5, 0.6) is 17.2 Å². The largest absolute Gasteiger partial charge is 0.493 e. The second-order valence-electron chi connectivity index (χ2n) is 12.7. The predicted octanol–water partition coefficient (Wildman–Crippen LogP) is 7.12. The van der Waals surface area contributed by atoms with Crippen LogP contribution < -0.4 is 14.2 Å². The van der Waals surface area contributed by atoms with Gasteiger partial charge in [0.05, 0.1) is 14.2 Å². The highest BCUT2D eigenvalue weighted by atomic mass is 16.6. The van der Waals surface area contributed by atoms with Crippen LogP contribution in [0.2, 0.25) is 0 Å². The van der Waals surface area contributed by atoms with Crippen molar-refractivity contribution in [3.63, 3.8) is 0 Å². The maximum atomic E-state index is 12.9. The van der Waals surface area contributed by atoms with Gasteiger partial charge in [0, 0.05) is 37.7 Å². The van der Waals surface area contributed by atoms with E-state index in [4.69, 9.17) is 14.2 Å². The number of carbonyl (C=O) groups is 2. The average Bonchev–Trinajstić information content (AvgIpc) is 3.38. The molecular weight excluding hydrogens is 578 g/mol. The zero-order valence-electron chi connectivity index (χ0n) is 28.6. The van der Waals surface area contributed by atoms with Crippen molar-refractivity contribution in [3.05, 3.63) is 89.0 Å². The Morgan fingerprint density at radius 3 is 2.24 bits per heavy atom. The molecule has 0 bridgehead atoms. The Balaban J connectivity index is 0.000000232. The molecule has 0 spiro atoms. The Morgan fingerprint density at radius 1 is 0.935 bits per heavy atom. The molecule has 3 aromatic carbocycles. The van der Waals surface area contributed by atoms with E-state index >= 15 is 0 Å².